The van der Waals surface area contributed by atoms with Gasteiger partial charge in [-0.15, -0.1) is 0 Å². The normalized spacial score (nSPS) is 16.3. The minimum Gasteiger partial charge on any atom is -0.492 e. The predicted octanol–water partition coefficient (Wildman–Crippen LogP) is 3.69. The molecule has 0 aliphatic carbocycles. The highest BCUT2D eigenvalue weighted by Crippen LogP contribution is 2.40. The van der Waals surface area contributed by atoms with E-state index in [1.165, 1.54) is 46.4 Å². The molecular formula is C21H19F2N5OS. The van der Waals surface area contributed by atoms with Crippen molar-refractivity contribution in [1.29, 1.82) is 0 Å². The quantitative estimate of drug-likeness (QED) is 0.538. The van der Waals surface area contributed by atoms with E-state index in [9.17, 15) is 13.9 Å². The van der Waals surface area contributed by atoms with Crippen molar-refractivity contribution >= 4 is 22.0 Å². The van der Waals surface area contributed by atoms with E-state index in [1.807, 2.05) is 0 Å². The van der Waals surface area contributed by atoms with Crippen molar-refractivity contribution in [2.24, 2.45) is 0 Å². The zero-order chi connectivity index (χ0) is 20.7. The van der Waals surface area contributed by atoms with Crippen molar-refractivity contribution in [2.75, 3.05) is 31.1 Å². The number of halogens is 2. The zero-order valence-corrected chi connectivity index (χ0v) is 16.8. The molecule has 0 radical (unpaired) electrons. The van der Waals surface area contributed by atoms with Gasteiger partial charge in [0, 0.05) is 31.9 Å². The molecule has 0 bridgehead atoms. The van der Waals surface area contributed by atoms with Crippen molar-refractivity contribution in [2.45, 2.75) is 6.04 Å². The highest BCUT2D eigenvalue weighted by Gasteiger charge is 2.31. The molecule has 1 aliphatic heterocycles. The van der Waals surface area contributed by atoms with Gasteiger partial charge < -0.3 is 10.0 Å². The molecule has 4 aromatic rings. The number of anilines is 1. The van der Waals surface area contributed by atoms with E-state index in [1.54, 1.807) is 24.3 Å². The molecule has 2 aromatic heterocycles. The lowest BCUT2D eigenvalue weighted by atomic mass is 10.0. The van der Waals surface area contributed by atoms with Gasteiger partial charge in [-0.2, -0.15) is 9.61 Å². The van der Waals surface area contributed by atoms with Crippen LogP contribution in [0.5, 0.6) is 5.88 Å². The molecule has 30 heavy (non-hydrogen) atoms. The van der Waals surface area contributed by atoms with Crippen LogP contribution in [0, 0.1) is 11.6 Å². The monoisotopic (exact) mass is 427 g/mol. The van der Waals surface area contributed by atoms with Crippen molar-refractivity contribution < 1.29 is 13.9 Å². The van der Waals surface area contributed by atoms with E-state index in [2.05, 4.69) is 19.9 Å². The van der Waals surface area contributed by atoms with E-state index in [4.69, 9.17) is 0 Å². The van der Waals surface area contributed by atoms with Crippen LogP contribution in [-0.4, -0.2) is 50.8 Å². The van der Waals surface area contributed by atoms with Gasteiger partial charge in [-0.3, -0.25) is 4.90 Å². The summed E-state index contributed by atoms with van der Waals surface area (Å²) in [6.07, 6.45) is 1.41. The summed E-state index contributed by atoms with van der Waals surface area (Å²) in [7, 11) is 0. The molecule has 1 saturated heterocycles. The second-order valence-corrected chi connectivity index (χ2v) is 8.21. The average molecular weight is 427 g/mol. The van der Waals surface area contributed by atoms with Crippen molar-refractivity contribution in [3.8, 4) is 5.88 Å². The average Bonchev–Trinajstić information content (AvgIpc) is 3.34. The summed E-state index contributed by atoms with van der Waals surface area (Å²) in [5.74, 6) is -0.492. The first kappa shape index (κ1) is 19.0. The Balaban J connectivity index is 1.45. The Morgan fingerprint density at radius 1 is 0.900 bits per heavy atom. The smallest absolute Gasteiger partial charge is 0.230 e. The second kappa shape index (κ2) is 7.66. The van der Waals surface area contributed by atoms with Crippen molar-refractivity contribution in [3.63, 3.8) is 0 Å². The Morgan fingerprint density at radius 3 is 2.17 bits per heavy atom. The highest BCUT2D eigenvalue weighted by molar-refractivity contribution is 7.17. The van der Waals surface area contributed by atoms with Crippen LogP contribution in [0.1, 0.15) is 16.5 Å². The first-order valence-electron chi connectivity index (χ1n) is 9.61. The third kappa shape index (κ3) is 3.40. The molecule has 154 valence electrons. The summed E-state index contributed by atoms with van der Waals surface area (Å²) >= 11 is 1.38. The summed E-state index contributed by atoms with van der Waals surface area (Å²) in [5.41, 5.74) is 1.88. The van der Waals surface area contributed by atoms with E-state index < -0.39 is 0 Å². The lowest BCUT2D eigenvalue weighted by Crippen LogP contribution is -2.47. The molecule has 6 nitrogen and oxygen atoms in total. The standard InChI is InChI=1S/C21H19F2N5OS/c22-15-3-1-14(2-4-15)18(19-20(29)28-21(30-19)24-13-25-28)27-11-9-26(10-12-27)17-7-5-16(23)6-8-17/h1-8,13,18,29H,9-12H2/t18-/m1/s1. The van der Waals surface area contributed by atoms with Crippen LogP contribution >= 0.6 is 11.3 Å². The van der Waals surface area contributed by atoms with Crippen LogP contribution in [0.15, 0.2) is 54.9 Å². The Bertz CT molecular complexity index is 1150. The summed E-state index contributed by atoms with van der Waals surface area (Å²) < 4.78 is 28.2. The highest BCUT2D eigenvalue weighted by atomic mass is 32.1. The fraction of sp³-hybridized carbons (Fsp3) is 0.238. The predicted molar refractivity (Wildman–Crippen MR) is 111 cm³/mol. The minimum atomic E-state index is -0.300. The minimum absolute atomic E-state index is 0.0581. The number of nitrogens with zero attached hydrogens (tertiary/aromatic N) is 5. The van der Waals surface area contributed by atoms with Crippen LogP contribution < -0.4 is 4.90 Å². The fourth-order valence-corrected chi connectivity index (χ4v) is 5.03. The molecule has 0 saturated carbocycles. The summed E-state index contributed by atoms with van der Waals surface area (Å²) in [6, 6.07) is 12.6. The second-order valence-electron chi connectivity index (χ2n) is 7.20. The van der Waals surface area contributed by atoms with Gasteiger partial charge in [0.1, 0.15) is 18.0 Å². The Labute approximate surface area is 175 Å². The number of aromatic hydroxyl groups is 1. The number of piperazine rings is 1. The Morgan fingerprint density at radius 2 is 1.53 bits per heavy atom. The van der Waals surface area contributed by atoms with Gasteiger partial charge in [0.15, 0.2) is 0 Å². The van der Waals surface area contributed by atoms with E-state index in [0.29, 0.717) is 4.96 Å². The number of benzene rings is 2. The maximum atomic E-state index is 13.5. The SMILES string of the molecule is Oc1c([C@@H](c2ccc(F)cc2)N2CCN(c3ccc(F)cc3)CC2)sc2ncnn12. The van der Waals surface area contributed by atoms with Crippen LogP contribution in [0.2, 0.25) is 0 Å². The number of fused-ring (bicyclic) bond motifs is 1. The maximum absolute atomic E-state index is 13.5. The Hall–Kier alpha value is -3.04. The van der Waals surface area contributed by atoms with Crippen molar-refractivity contribution in [1.82, 2.24) is 19.5 Å². The van der Waals surface area contributed by atoms with Gasteiger partial charge >= 0.3 is 0 Å². The third-order valence-corrected chi connectivity index (χ3v) is 6.53. The number of rotatable bonds is 4. The third-order valence-electron chi connectivity index (χ3n) is 5.44. The largest absolute Gasteiger partial charge is 0.492 e. The lowest BCUT2D eigenvalue weighted by Gasteiger charge is -2.40. The van der Waals surface area contributed by atoms with Gasteiger partial charge in [0.05, 0.1) is 10.9 Å². The number of hydrogen-bond donors (Lipinski definition) is 1. The molecule has 9 heteroatoms. The van der Waals surface area contributed by atoms with Crippen LogP contribution in [0.4, 0.5) is 14.5 Å². The van der Waals surface area contributed by atoms with Gasteiger partial charge in [-0.1, -0.05) is 23.5 Å². The number of thiazole rings is 1. The summed E-state index contributed by atoms with van der Waals surface area (Å²) in [5, 5.41) is 14.9. The number of aromatic nitrogens is 3. The molecule has 1 atom stereocenters. The van der Waals surface area contributed by atoms with Crippen molar-refractivity contribution in [3.05, 3.63) is 76.9 Å². The maximum Gasteiger partial charge on any atom is 0.230 e. The molecule has 3 heterocycles. The molecule has 0 amide bonds. The van der Waals surface area contributed by atoms with Gasteiger partial charge in [0.25, 0.3) is 0 Å². The topological polar surface area (TPSA) is 56.9 Å². The summed E-state index contributed by atoms with van der Waals surface area (Å²) in [6.45, 7) is 2.97. The first-order chi connectivity index (χ1) is 14.6. The molecule has 5 rings (SSSR count). The van der Waals surface area contributed by atoms with E-state index in [0.717, 1.165) is 42.3 Å². The molecule has 1 N–H and O–H groups in total. The molecular weight excluding hydrogens is 408 g/mol. The van der Waals surface area contributed by atoms with Crippen LogP contribution in [0.3, 0.4) is 0 Å². The van der Waals surface area contributed by atoms with Crippen LogP contribution in [0.25, 0.3) is 4.96 Å². The molecule has 2 aromatic carbocycles. The Kier molecular flexibility index (Phi) is 4.84. The zero-order valence-electron chi connectivity index (χ0n) is 15.9. The van der Waals surface area contributed by atoms with E-state index in [-0.39, 0.29) is 23.6 Å². The fourth-order valence-electron chi connectivity index (χ4n) is 3.94. The van der Waals surface area contributed by atoms with Gasteiger partial charge in [0.2, 0.25) is 10.8 Å². The van der Waals surface area contributed by atoms with Gasteiger partial charge in [-0.25, -0.2) is 13.8 Å². The van der Waals surface area contributed by atoms with Crippen LogP contribution in [-0.2, 0) is 0 Å². The summed E-state index contributed by atoms with van der Waals surface area (Å²) in [4.78, 5) is 10.00. The molecule has 0 unspecified atom stereocenters. The first-order valence-corrected chi connectivity index (χ1v) is 10.4. The number of hydrogen-bond acceptors (Lipinski definition) is 6. The molecule has 1 fully saturated rings. The molecule has 0 spiro atoms. The lowest BCUT2D eigenvalue weighted by molar-refractivity contribution is 0.211. The molecule has 1 aliphatic rings. The van der Waals surface area contributed by atoms with E-state index >= 15 is 0 Å². The van der Waals surface area contributed by atoms with Gasteiger partial charge in [-0.05, 0) is 42.0 Å².